The number of nitrogens with zero attached hydrogens (tertiary/aromatic N) is 1. The Hall–Kier alpha value is -1.94. The molecule has 0 N–H and O–H groups in total. The van der Waals surface area contributed by atoms with Gasteiger partial charge in [0.1, 0.15) is 0 Å². The molecule has 2 atom stereocenters. The number of hydrogen-bond acceptors (Lipinski definition) is 3. The zero-order valence-electron chi connectivity index (χ0n) is 11.3. The van der Waals surface area contributed by atoms with Crippen molar-refractivity contribution in [3.05, 3.63) is 58.1 Å². The Morgan fingerprint density at radius 3 is 2.42 bits per heavy atom. The van der Waals surface area contributed by atoms with Crippen LogP contribution in [0.5, 0.6) is 0 Å². The number of hydrogen-bond donors (Lipinski definition) is 0. The SMILES string of the molecule is CC.CC1([N+](=O)[O-])OC1c1cccc2ccccc12. The molecule has 0 aromatic heterocycles. The Bertz CT molecular complexity index is 606. The molecule has 0 spiro atoms. The summed E-state index contributed by atoms with van der Waals surface area (Å²) in [7, 11) is 0. The van der Waals surface area contributed by atoms with Crippen molar-refractivity contribution in [3.63, 3.8) is 0 Å². The molecular weight excluding hydrogens is 242 g/mol. The van der Waals surface area contributed by atoms with Gasteiger partial charge in [-0.1, -0.05) is 56.3 Å². The van der Waals surface area contributed by atoms with E-state index >= 15 is 0 Å². The quantitative estimate of drug-likeness (QED) is 0.466. The van der Waals surface area contributed by atoms with E-state index in [1.165, 1.54) is 6.92 Å². The molecule has 2 aromatic rings. The second-order valence-electron chi connectivity index (χ2n) is 4.38. The summed E-state index contributed by atoms with van der Waals surface area (Å²) in [6, 6.07) is 13.6. The Balaban J connectivity index is 0.000000637. The van der Waals surface area contributed by atoms with Gasteiger partial charge in [-0.05, 0) is 16.3 Å². The molecule has 1 heterocycles. The molecule has 2 unspecified atom stereocenters. The van der Waals surface area contributed by atoms with Gasteiger partial charge in [-0.3, -0.25) is 14.9 Å². The van der Waals surface area contributed by atoms with Crippen molar-refractivity contribution >= 4 is 10.8 Å². The third-order valence-corrected chi connectivity index (χ3v) is 3.25. The van der Waals surface area contributed by atoms with Crippen molar-refractivity contribution < 1.29 is 9.66 Å². The number of nitro groups is 1. The van der Waals surface area contributed by atoms with Gasteiger partial charge in [0.05, 0.1) is 4.92 Å². The summed E-state index contributed by atoms with van der Waals surface area (Å²) in [6.07, 6.45) is -0.441. The lowest BCUT2D eigenvalue weighted by Gasteiger charge is -2.03. The fourth-order valence-corrected chi connectivity index (χ4v) is 2.17. The van der Waals surface area contributed by atoms with E-state index < -0.39 is 11.8 Å². The van der Waals surface area contributed by atoms with Gasteiger partial charge in [0, 0.05) is 6.92 Å². The maximum atomic E-state index is 10.9. The third kappa shape index (κ3) is 2.19. The Labute approximate surface area is 112 Å². The molecular formula is C15H17NO3. The van der Waals surface area contributed by atoms with Crippen LogP contribution in [0.4, 0.5) is 0 Å². The smallest absolute Gasteiger partial charge is 0.294 e. The molecule has 1 aliphatic heterocycles. The number of benzene rings is 2. The third-order valence-electron chi connectivity index (χ3n) is 3.25. The number of rotatable bonds is 2. The van der Waals surface area contributed by atoms with Crippen LogP contribution in [0.1, 0.15) is 32.4 Å². The van der Waals surface area contributed by atoms with E-state index in [1.54, 1.807) is 0 Å². The first kappa shape index (κ1) is 13.5. The number of fused-ring (bicyclic) bond motifs is 1. The molecule has 1 fully saturated rings. The highest BCUT2D eigenvalue weighted by molar-refractivity contribution is 5.86. The second kappa shape index (κ2) is 4.97. The summed E-state index contributed by atoms with van der Waals surface area (Å²) in [5.74, 6) is 0. The standard InChI is InChI=1S/C13H11NO3.C2H6/c1-13(14(15)16)12(17-13)11-8-4-6-9-5-2-3-7-10(9)11;1-2/h2-8,12H,1H3;1-2H3. The van der Waals surface area contributed by atoms with Crippen LogP contribution in [0.2, 0.25) is 0 Å². The fourth-order valence-electron chi connectivity index (χ4n) is 2.17. The van der Waals surface area contributed by atoms with Crippen LogP contribution >= 0.6 is 0 Å². The second-order valence-corrected chi connectivity index (χ2v) is 4.38. The van der Waals surface area contributed by atoms with E-state index in [-0.39, 0.29) is 4.92 Å². The van der Waals surface area contributed by atoms with Gasteiger partial charge >= 0.3 is 5.72 Å². The molecule has 0 radical (unpaired) electrons. The van der Waals surface area contributed by atoms with Crippen molar-refractivity contribution in [1.29, 1.82) is 0 Å². The Morgan fingerprint density at radius 2 is 1.79 bits per heavy atom. The van der Waals surface area contributed by atoms with Gasteiger partial charge < -0.3 is 0 Å². The van der Waals surface area contributed by atoms with Crippen molar-refractivity contribution in [1.82, 2.24) is 0 Å². The van der Waals surface area contributed by atoms with Gasteiger partial charge in [0.2, 0.25) is 0 Å². The topological polar surface area (TPSA) is 55.7 Å². The minimum atomic E-state index is -1.26. The molecule has 0 saturated carbocycles. The zero-order chi connectivity index (χ0) is 14.0. The van der Waals surface area contributed by atoms with Crippen molar-refractivity contribution in [3.8, 4) is 0 Å². The minimum absolute atomic E-state index is 0.362. The van der Waals surface area contributed by atoms with Crippen LogP contribution in [0.15, 0.2) is 42.5 Å². The van der Waals surface area contributed by atoms with E-state index in [4.69, 9.17) is 4.74 Å². The molecule has 2 aromatic carbocycles. The van der Waals surface area contributed by atoms with E-state index in [0.29, 0.717) is 0 Å². The molecule has 0 bridgehead atoms. The first-order valence-electron chi connectivity index (χ1n) is 6.43. The molecule has 1 aliphatic rings. The lowest BCUT2D eigenvalue weighted by Crippen LogP contribution is -2.19. The van der Waals surface area contributed by atoms with Gasteiger partial charge in [-0.2, -0.15) is 0 Å². The predicted molar refractivity (Wildman–Crippen MR) is 74.5 cm³/mol. The first-order chi connectivity index (χ1) is 9.13. The highest BCUT2D eigenvalue weighted by Gasteiger charge is 2.66. The summed E-state index contributed by atoms with van der Waals surface area (Å²) in [5, 5.41) is 13.0. The maximum absolute atomic E-state index is 10.9. The molecule has 0 aliphatic carbocycles. The van der Waals surface area contributed by atoms with Crippen LogP contribution in [0.3, 0.4) is 0 Å². The van der Waals surface area contributed by atoms with Crippen LogP contribution in [0, 0.1) is 10.1 Å². The highest BCUT2D eigenvalue weighted by Crippen LogP contribution is 2.51. The summed E-state index contributed by atoms with van der Waals surface area (Å²) >= 11 is 0. The molecule has 19 heavy (non-hydrogen) atoms. The molecule has 4 heteroatoms. The van der Waals surface area contributed by atoms with Crippen molar-refractivity contribution in [2.24, 2.45) is 0 Å². The first-order valence-corrected chi connectivity index (χ1v) is 6.43. The fraction of sp³-hybridized carbons (Fsp3) is 0.333. The van der Waals surface area contributed by atoms with E-state index in [1.807, 2.05) is 56.3 Å². The van der Waals surface area contributed by atoms with E-state index in [2.05, 4.69) is 0 Å². The molecule has 100 valence electrons. The Morgan fingerprint density at radius 1 is 1.16 bits per heavy atom. The molecule has 1 saturated heterocycles. The predicted octanol–water partition coefficient (Wildman–Crippen LogP) is 3.93. The summed E-state index contributed by atoms with van der Waals surface area (Å²) in [6.45, 7) is 5.51. The zero-order valence-corrected chi connectivity index (χ0v) is 11.3. The maximum Gasteiger partial charge on any atom is 0.353 e. The van der Waals surface area contributed by atoms with Crippen LogP contribution in [-0.2, 0) is 4.74 Å². The monoisotopic (exact) mass is 259 g/mol. The van der Waals surface area contributed by atoms with Crippen LogP contribution in [0.25, 0.3) is 10.8 Å². The lowest BCUT2D eigenvalue weighted by atomic mass is 10.00. The number of ether oxygens (including phenoxy) is 1. The van der Waals surface area contributed by atoms with Crippen molar-refractivity contribution in [2.75, 3.05) is 0 Å². The molecule has 4 nitrogen and oxygen atoms in total. The average molecular weight is 259 g/mol. The van der Waals surface area contributed by atoms with Gasteiger partial charge in [0.15, 0.2) is 6.10 Å². The van der Waals surface area contributed by atoms with E-state index in [9.17, 15) is 10.1 Å². The molecule has 3 rings (SSSR count). The number of epoxide rings is 1. The van der Waals surface area contributed by atoms with E-state index in [0.717, 1.165) is 16.3 Å². The molecule has 0 amide bonds. The Kier molecular flexibility index (Phi) is 3.53. The normalized spacial score (nSPS) is 24.5. The summed E-state index contributed by atoms with van der Waals surface area (Å²) in [5.41, 5.74) is -0.369. The van der Waals surface area contributed by atoms with Gasteiger partial charge in [-0.15, -0.1) is 0 Å². The van der Waals surface area contributed by atoms with Crippen LogP contribution in [-0.4, -0.2) is 10.6 Å². The largest absolute Gasteiger partial charge is 0.353 e. The van der Waals surface area contributed by atoms with Crippen LogP contribution < -0.4 is 0 Å². The average Bonchev–Trinajstić information content (AvgIpc) is 3.14. The summed E-state index contributed by atoms with van der Waals surface area (Å²) in [4.78, 5) is 10.5. The lowest BCUT2D eigenvalue weighted by molar-refractivity contribution is -0.558. The summed E-state index contributed by atoms with van der Waals surface area (Å²) < 4.78 is 5.26. The minimum Gasteiger partial charge on any atom is -0.294 e. The van der Waals surface area contributed by atoms with Gasteiger partial charge in [0.25, 0.3) is 0 Å². The van der Waals surface area contributed by atoms with Gasteiger partial charge in [-0.25, -0.2) is 0 Å². The van der Waals surface area contributed by atoms with Crippen molar-refractivity contribution in [2.45, 2.75) is 32.6 Å². The highest BCUT2D eigenvalue weighted by atomic mass is 16.7.